The number of carbonyl (C=O) groups is 2. The Morgan fingerprint density at radius 1 is 0.868 bits per heavy atom. The Kier molecular flexibility index (Phi) is 6.88. The van der Waals surface area contributed by atoms with Crippen LogP contribution in [-0.4, -0.2) is 34.9 Å². The molecule has 1 heterocycles. The van der Waals surface area contributed by atoms with Crippen molar-refractivity contribution in [1.82, 2.24) is 4.90 Å². The Hall–Kier alpha value is -4.58. The standard InChI is InChI=1S/C32H29NO5/c1-20(2)38-27-16-12-23(13-17-27)29-28(30(34)25-11-10-22-6-4-5-7-24(22)18-25)31(35)32(36)33(29)19-21-8-14-26(37-3)15-9-21/h4-18,20,29,34H,19H2,1-3H3/b30-28-. The third-order valence-corrected chi connectivity index (χ3v) is 6.64. The highest BCUT2D eigenvalue weighted by Crippen LogP contribution is 2.41. The first-order valence-corrected chi connectivity index (χ1v) is 12.5. The summed E-state index contributed by atoms with van der Waals surface area (Å²) >= 11 is 0. The number of Topliss-reactive ketones (excluding diaryl/α,β-unsaturated/α-hetero) is 1. The molecule has 6 heteroatoms. The zero-order valence-electron chi connectivity index (χ0n) is 21.5. The van der Waals surface area contributed by atoms with Crippen molar-refractivity contribution in [3.05, 3.63) is 113 Å². The van der Waals surface area contributed by atoms with Crippen LogP contribution in [0, 0.1) is 0 Å². The van der Waals surface area contributed by atoms with Crippen LogP contribution in [0.2, 0.25) is 0 Å². The van der Waals surface area contributed by atoms with E-state index in [0.717, 1.165) is 16.3 Å². The van der Waals surface area contributed by atoms with E-state index in [1.54, 1.807) is 13.2 Å². The molecule has 6 nitrogen and oxygen atoms in total. The molecule has 5 rings (SSSR count). The van der Waals surface area contributed by atoms with Crippen molar-refractivity contribution in [3.8, 4) is 11.5 Å². The Morgan fingerprint density at radius 2 is 1.53 bits per heavy atom. The van der Waals surface area contributed by atoms with E-state index >= 15 is 0 Å². The molecule has 0 spiro atoms. The van der Waals surface area contributed by atoms with Crippen LogP contribution >= 0.6 is 0 Å². The number of benzene rings is 4. The summed E-state index contributed by atoms with van der Waals surface area (Å²) in [6, 6.07) is 27.2. The molecule has 1 N–H and O–H groups in total. The van der Waals surface area contributed by atoms with Crippen molar-refractivity contribution in [1.29, 1.82) is 0 Å². The topological polar surface area (TPSA) is 76.1 Å². The number of rotatable bonds is 7. The maximum absolute atomic E-state index is 13.4. The molecule has 0 saturated carbocycles. The smallest absolute Gasteiger partial charge is 0.295 e. The summed E-state index contributed by atoms with van der Waals surface area (Å²) in [5, 5.41) is 13.4. The lowest BCUT2D eigenvalue weighted by Crippen LogP contribution is -2.29. The molecule has 0 radical (unpaired) electrons. The molecule has 4 aromatic rings. The van der Waals surface area contributed by atoms with Crippen LogP contribution in [0.4, 0.5) is 0 Å². The second-order valence-corrected chi connectivity index (χ2v) is 9.57. The predicted molar refractivity (Wildman–Crippen MR) is 147 cm³/mol. The lowest BCUT2D eigenvalue weighted by atomic mass is 9.94. The van der Waals surface area contributed by atoms with E-state index in [2.05, 4.69) is 0 Å². The molecule has 1 aliphatic rings. The quantitative estimate of drug-likeness (QED) is 0.182. The molecule has 0 aliphatic carbocycles. The fraction of sp³-hybridized carbons (Fsp3) is 0.188. The average molecular weight is 508 g/mol. The van der Waals surface area contributed by atoms with Gasteiger partial charge in [-0.2, -0.15) is 0 Å². The SMILES string of the molecule is COc1ccc(CN2C(=O)C(=O)/C(=C(\O)c3ccc4ccccc4c3)C2c2ccc(OC(C)C)cc2)cc1. The molecular formula is C32H29NO5. The molecule has 0 aromatic heterocycles. The number of methoxy groups -OCH3 is 1. The molecular weight excluding hydrogens is 478 g/mol. The number of hydrogen-bond acceptors (Lipinski definition) is 5. The van der Waals surface area contributed by atoms with Crippen LogP contribution in [0.1, 0.15) is 36.6 Å². The van der Waals surface area contributed by atoms with Crippen molar-refractivity contribution in [2.24, 2.45) is 0 Å². The molecule has 1 atom stereocenters. The lowest BCUT2D eigenvalue weighted by molar-refractivity contribution is -0.140. The number of likely N-dealkylation sites (tertiary alicyclic amines) is 1. The van der Waals surface area contributed by atoms with Crippen molar-refractivity contribution in [3.63, 3.8) is 0 Å². The number of carbonyl (C=O) groups excluding carboxylic acids is 2. The van der Waals surface area contributed by atoms with Crippen molar-refractivity contribution >= 4 is 28.2 Å². The first kappa shape index (κ1) is 25.1. The van der Waals surface area contributed by atoms with E-state index in [1.165, 1.54) is 4.90 Å². The van der Waals surface area contributed by atoms with Gasteiger partial charge in [0.2, 0.25) is 0 Å². The van der Waals surface area contributed by atoms with Gasteiger partial charge in [0.25, 0.3) is 11.7 Å². The molecule has 1 fully saturated rings. The van der Waals surface area contributed by atoms with Gasteiger partial charge in [0, 0.05) is 12.1 Å². The Labute approximate surface area is 221 Å². The molecule has 0 bridgehead atoms. The molecule has 1 unspecified atom stereocenters. The monoisotopic (exact) mass is 507 g/mol. The Morgan fingerprint density at radius 3 is 2.18 bits per heavy atom. The van der Waals surface area contributed by atoms with E-state index < -0.39 is 17.7 Å². The van der Waals surface area contributed by atoms with Gasteiger partial charge >= 0.3 is 0 Å². The van der Waals surface area contributed by atoms with Gasteiger partial charge in [0.15, 0.2) is 0 Å². The highest BCUT2D eigenvalue weighted by molar-refractivity contribution is 6.46. The fourth-order valence-corrected chi connectivity index (χ4v) is 4.81. The van der Waals surface area contributed by atoms with Gasteiger partial charge < -0.3 is 19.5 Å². The number of ether oxygens (including phenoxy) is 2. The lowest BCUT2D eigenvalue weighted by Gasteiger charge is -2.26. The highest BCUT2D eigenvalue weighted by Gasteiger charge is 2.46. The number of hydrogen-bond donors (Lipinski definition) is 1. The van der Waals surface area contributed by atoms with Gasteiger partial charge in [0.05, 0.1) is 24.8 Å². The third kappa shape index (κ3) is 4.85. The molecule has 1 aliphatic heterocycles. The number of fused-ring (bicyclic) bond motifs is 1. The first-order chi connectivity index (χ1) is 18.4. The largest absolute Gasteiger partial charge is 0.507 e. The number of amides is 1. The molecule has 1 amide bonds. The van der Waals surface area contributed by atoms with Gasteiger partial charge in [-0.15, -0.1) is 0 Å². The summed E-state index contributed by atoms with van der Waals surface area (Å²) < 4.78 is 11.0. The number of nitrogens with zero attached hydrogens (tertiary/aromatic N) is 1. The van der Waals surface area contributed by atoms with Gasteiger partial charge in [-0.05, 0) is 66.1 Å². The predicted octanol–water partition coefficient (Wildman–Crippen LogP) is 6.26. The van der Waals surface area contributed by atoms with E-state index in [9.17, 15) is 14.7 Å². The molecule has 38 heavy (non-hydrogen) atoms. The summed E-state index contributed by atoms with van der Waals surface area (Å²) in [6.45, 7) is 4.08. The summed E-state index contributed by atoms with van der Waals surface area (Å²) in [6.07, 6.45) is 0.00876. The molecule has 192 valence electrons. The van der Waals surface area contributed by atoms with Gasteiger partial charge in [0.1, 0.15) is 17.3 Å². The van der Waals surface area contributed by atoms with Gasteiger partial charge in [-0.3, -0.25) is 9.59 Å². The second kappa shape index (κ2) is 10.4. The van der Waals surface area contributed by atoms with Crippen LogP contribution < -0.4 is 9.47 Å². The van der Waals surface area contributed by atoms with Gasteiger partial charge in [-0.25, -0.2) is 0 Å². The summed E-state index contributed by atoms with van der Waals surface area (Å²) in [5.74, 6) is -0.180. The van der Waals surface area contributed by atoms with E-state index in [4.69, 9.17) is 9.47 Å². The highest BCUT2D eigenvalue weighted by atomic mass is 16.5. The Bertz CT molecular complexity index is 1520. The van der Waals surface area contributed by atoms with E-state index in [1.807, 2.05) is 98.8 Å². The average Bonchev–Trinajstić information content (AvgIpc) is 3.18. The van der Waals surface area contributed by atoms with E-state index in [0.29, 0.717) is 22.6 Å². The minimum atomic E-state index is -0.767. The summed E-state index contributed by atoms with van der Waals surface area (Å²) in [5.41, 5.74) is 2.09. The van der Waals surface area contributed by atoms with E-state index in [-0.39, 0.29) is 24.0 Å². The number of aliphatic hydroxyl groups excluding tert-OH is 1. The number of aliphatic hydroxyl groups is 1. The normalized spacial score (nSPS) is 16.8. The molecule has 1 saturated heterocycles. The summed E-state index contributed by atoms with van der Waals surface area (Å²) in [4.78, 5) is 28.3. The molecule has 4 aromatic carbocycles. The zero-order valence-corrected chi connectivity index (χ0v) is 21.5. The Balaban J connectivity index is 1.61. The van der Waals surface area contributed by atoms with Crippen LogP contribution in [0.5, 0.6) is 11.5 Å². The van der Waals surface area contributed by atoms with Crippen molar-refractivity contribution < 1.29 is 24.2 Å². The maximum atomic E-state index is 13.4. The van der Waals surface area contributed by atoms with Crippen LogP contribution in [0.25, 0.3) is 16.5 Å². The van der Waals surface area contributed by atoms with Crippen molar-refractivity contribution in [2.75, 3.05) is 7.11 Å². The minimum absolute atomic E-state index is 0.00876. The third-order valence-electron chi connectivity index (χ3n) is 6.64. The maximum Gasteiger partial charge on any atom is 0.295 e. The van der Waals surface area contributed by atoms with Crippen molar-refractivity contribution in [2.45, 2.75) is 32.5 Å². The van der Waals surface area contributed by atoms with Gasteiger partial charge in [-0.1, -0.05) is 60.7 Å². The van der Waals surface area contributed by atoms with Crippen LogP contribution in [-0.2, 0) is 16.1 Å². The number of ketones is 1. The first-order valence-electron chi connectivity index (χ1n) is 12.5. The minimum Gasteiger partial charge on any atom is -0.507 e. The summed E-state index contributed by atoms with van der Waals surface area (Å²) in [7, 11) is 1.59. The second-order valence-electron chi connectivity index (χ2n) is 9.57. The zero-order chi connectivity index (χ0) is 26.8. The fourth-order valence-electron chi connectivity index (χ4n) is 4.81. The van der Waals surface area contributed by atoms with Crippen LogP contribution in [0.15, 0.2) is 96.6 Å². The van der Waals surface area contributed by atoms with Crippen LogP contribution in [0.3, 0.4) is 0 Å².